The summed E-state index contributed by atoms with van der Waals surface area (Å²) in [4.78, 5) is 0. The van der Waals surface area contributed by atoms with Crippen molar-refractivity contribution in [1.82, 2.24) is 19.6 Å². The van der Waals surface area contributed by atoms with Crippen molar-refractivity contribution in [3.05, 3.63) is 66.0 Å². The molecule has 130 valence electrons. The molecule has 0 amide bonds. The average Bonchev–Trinajstić information content (AvgIpc) is 3.31. The van der Waals surface area contributed by atoms with Crippen molar-refractivity contribution in [3.8, 4) is 16.9 Å². The van der Waals surface area contributed by atoms with Gasteiger partial charge in [0.1, 0.15) is 0 Å². The molecule has 0 unspecified atom stereocenters. The summed E-state index contributed by atoms with van der Waals surface area (Å²) in [7, 11) is 0. The number of aromatic nitrogens is 4. The van der Waals surface area contributed by atoms with Crippen LogP contribution < -0.4 is 0 Å². The molecule has 2 aromatic carbocycles. The van der Waals surface area contributed by atoms with Crippen molar-refractivity contribution in [1.29, 1.82) is 0 Å². The zero-order valence-electron chi connectivity index (χ0n) is 15.0. The summed E-state index contributed by atoms with van der Waals surface area (Å²) < 4.78 is 4.44. The highest BCUT2D eigenvalue weighted by atomic mass is 15.4. The fraction of sp³-hybridized carbons (Fsp3) is 0.273. The van der Waals surface area contributed by atoms with E-state index in [9.17, 15) is 0 Å². The van der Waals surface area contributed by atoms with E-state index in [1.165, 1.54) is 47.8 Å². The third-order valence-electron chi connectivity index (χ3n) is 5.54. The van der Waals surface area contributed by atoms with Crippen LogP contribution in [0.2, 0.25) is 0 Å². The minimum Gasteiger partial charge on any atom is -0.345 e. The fourth-order valence-corrected chi connectivity index (χ4v) is 4.35. The first kappa shape index (κ1) is 15.4. The second-order valence-corrected chi connectivity index (χ2v) is 6.98. The Kier molecular flexibility index (Phi) is 3.63. The lowest BCUT2D eigenvalue weighted by molar-refractivity contribution is 0.630. The molecule has 2 heterocycles. The Bertz CT molecular complexity index is 1070. The van der Waals surface area contributed by atoms with Gasteiger partial charge in [0.15, 0.2) is 0 Å². The third kappa shape index (κ3) is 2.29. The van der Waals surface area contributed by atoms with E-state index >= 15 is 0 Å². The summed E-state index contributed by atoms with van der Waals surface area (Å²) in [6.07, 6.45) is 6.82. The summed E-state index contributed by atoms with van der Waals surface area (Å²) in [6.45, 7) is 3.27. The van der Waals surface area contributed by atoms with Gasteiger partial charge in [-0.2, -0.15) is 0 Å². The summed E-state index contributed by atoms with van der Waals surface area (Å²) in [6, 6.07) is 17.0. The molecule has 0 radical (unpaired) electrons. The lowest BCUT2D eigenvalue weighted by Crippen LogP contribution is -2.06. The molecule has 1 aliphatic carbocycles. The molecule has 0 aliphatic heterocycles. The minimum atomic E-state index is 1.02. The second kappa shape index (κ2) is 6.13. The molecule has 1 aliphatic rings. The van der Waals surface area contributed by atoms with Crippen molar-refractivity contribution in [3.63, 3.8) is 0 Å². The van der Waals surface area contributed by atoms with Gasteiger partial charge in [0.2, 0.25) is 0 Å². The van der Waals surface area contributed by atoms with Crippen LogP contribution in [0.5, 0.6) is 0 Å². The Morgan fingerprint density at radius 2 is 1.85 bits per heavy atom. The Morgan fingerprint density at radius 1 is 1.00 bits per heavy atom. The quantitative estimate of drug-likeness (QED) is 0.537. The van der Waals surface area contributed by atoms with Crippen molar-refractivity contribution in [2.45, 2.75) is 39.2 Å². The molecule has 4 heteroatoms. The van der Waals surface area contributed by atoms with E-state index in [4.69, 9.17) is 0 Å². The third-order valence-corrected chi connectivity index (χ3v) is 5.54. The molecule has 0 saturated carbocycles. The molecule has 2 aromatic heterocycles. The van der Waals surface area contributed by atoms with Gasteiger partial charge in [-0.1, -0.05) is 35.5 Å². The van der Waals surface area contributed by atoms with Crippen molar-refractivity contribution < 1.29 is 0 Å². The summed E-state index contributed by atoms with van der Waals surface area (Å²) in [5.41, 5.74) is 7.66. The Hall–Kier alpha value is -2.88. The average molecular weight is 342 g/mol. The first-order chi connectivity index (χ1) is 12.9. The fourth-order valence-electron chi connectivity index (χ4n) is 4.35. The smallest absolute Gasteiger partial charge is 0.0944 e. The highest BCUT2D eigenvalue weighted by Crippen LogP contribution is 2.34. The molecule has 0 bridgehead atoms. The van der Waals surface area contributed by atoms with Gasteiger partial charge in [0.05, 0.1) is 17.6 Å². The van der Waals surface area contributed by atoms with Crippen LogP contribution >= 0.6 is 0 Å². The lowest BCUT2D eigenvalue weighted by atomic mass is 9.95. The molecule has 26 heavy (non-hydrogen) atoms. The van der Waals surface area contributed by atoms with Crippen molar-refractivity contribution >= 4 is 10.9 Å². The molecular formula is C22H22N4. The van der Waals surface area contributed by atoms with Gasteiger partial charge in [-0.05, 0) is 56.4 Å². The number of aryl methyl sites for hydroxylation is 2. The summed E-state index contributed by atoms with van der Waals surface area (Å²) in [5, 5.41) is 9.92. The van der Waals surface area contributed by atoms with E-state index in [1.54, 1.807) is 0 Å². The van der Waals surface area contributed by atoms with Gasteiger partial charge in [-0.15, -0.1) is 5.10 Å². The predicted molar refractivity (Wildman–Crippen MR) is 105 cm³/mol. The van der Waals surface area contributed by atoms with Gasteiger partial charge in [0.25, 0.3) is 0 Å². The van der Waals surface area contributed by atoms with E-state index in [0.29, 0.717) is 0 Å². The van der Waals surface area contributed by atoms with Gasteiger partial charge in [-0.3, -0.25) is 0 Å². The largest absolute Gasteiger partial charge is 0.345 e. The van der Waals surface area contributed by atoms with Gasteiger partial charge >= 0.3 is 0 Å². The minimum absolute atomic E-state index is 1.02. The maximum absolute atomic E-state index is 4.37. The molecule has 0 N–H and O–H groups in total. The van der Waals surface area contributed by atoms with Crippen molar-refractivity contribution in [2.24, 2.45) is 0 Å². The number of hydrogen-bond donors (Lipinski definition) is 0. The molecule has 4 nitrogen and oxygen atoms in total. The van der Waals surface area contributed by atoms with Gasteiger partial charge in [0, 0.05) is 28.7 Å². The standard InChI is InChI=1S/C22H22N4/c1-2-25-20-11-7-6-10-18(20)19-14-17(12-13-21(19)25)26-22(15-23-24-26)16-8-4-3-5-9-16/h3-5,8-9,12-15H,2,6-7,10-11H2,1H3. The zero-order valence-corrected chi connectivity index (χ0v) is 15.0. The highest BCUT2D eigenvalue weighted by Gasteiger charge is 2.20. The Morgan fingerprint density at radius 3 is 2.69 bits per heavy atom. The van der Waals surface area contributed by atoms with Crippen LogP contribution in [-0.4, -0.2) is 19.6 Å². The van der Waals surface area contributed by atoms with Crippen molar-refractivity contribution in [2.75, 3.05) is 0 Å². The molecule has 4 aromatic rings. The molecular weight excluding hydrogens is 320 g/mol. The first-order valence-electron chi connectivity index (χ1n) is 9.47. The van der Waals surface area contributed by atoms with E-state index in [0.717, 1.165) is 23.5 Å². The SMILES string of the molecule is CCn1c2c(c3cc(-n4nncc4-c4ccccc4)ccc31)CCCC2. The van der Waals surface area contributed by atoms with E-state index in [2.05, 4.69) is 52.1 Å². The normalized spacial score (nSPS) is 13.9. The number of nitrogens with zero attached hydrogens (tertiary/aromatic N) is 4. The van der Waals surface area contributed by atoms with E-state index in [1.807, 2.05) is 29.1 Å². The lowest BCUT2D eigenvalue weighted by Gasteiger charge is -2.14. The maximum atomic E-state index is 4.37. The molecule has 0 atom stereocenters. The van der Waals surface area contributed by atoms with Crippen LogP contribution in [-0.2, 0) is 19.4 Å². The first-order valence-corrected chi connectivity index (χ1v) is 9.47. The maximum Gasteiger partial charge on any atom is 0.0944 e. The topological polar surface area (TPSA) is 35.6 Å². The van der Waals surface area contributed by atoms with Crippen LogP contribution in [0.25, 0.3) is 27.8 Å². The number of benzene rings is 2. The van der Waals surface area contributed by atoms with E-state index < -0.39 is 0 Å². The van der Waals surface area contributed by atoms with E-state index in [-0.39, 0.29) is 0 Å². The van der Waals surface area contributed by atoms with Crippen LogP contribution in [0.15, 0.2) is 54.7 Å². The summed E-state index contributed by atoms with van der Waals surface area (Å²) in [5.74, 6) is 0. The predicted octanol–water partition coefficient (Wildman–Crippen LogP) is 4.79. The van der Waals surface area contributed by atoms with Crippen LogP contribution in [0.1, 0.15) is 31.0 Å². The van der Waals surface area contributed by atoms with Gasteiger partial charge in [-0.25, -0.2) is 4.68 Å². The monoisotopic (exact) mass is 342 g/mol. The molecule has 0 saturated heterocycles. The van der Waals surface area contributed by atoms with Crippen LogP contribution in [0.3, 0.4) is 0 Å². The highest BCUT2D eigenvalue weighted by molar-refractivity contribution is 5.88. The van der Waals surface area contributed by atoms with Gasteiger partial charge < -0.3 is 4.57 Å². The van der Waals surface area contributed by atoms with Crippen LogP contribution in [0, 0.1) is 0 Å². The Labute approximate surface area is 153 Å². The number of fused-ring (bicyclic) bond motifs is 3. The van der Waals surface area contributed by atoms with Crippen LogP contribution in [0.4, 0.5) is 0 Å². The molecule has 0 spiro atoms. The summed E-state index contributed by atoms with van der Waals surface area (Å²) >= 11 is 0. The number of hydrogen-bond acceptors (Lipinski definition) is 2. The number of rotatable bonds is 3. The second-order valence-electron chi connectivity index (χ2n) is 6.98. The Balaban J connectivity index is 1.69. The molecule has 0 fully saturated rings. The molecule has 5 rings (SSSR count). The zero-order chi connectivity index (χ0) is 17.5.